The Kier molecular flexibility index (Phi) is 4.07. The Hall–Kier alpha value is -2.60. The van der Waals surface area contributed by atoms with Gasteiger partial charge in [0.05, 0.1) is 24.0 Å². The van der Waals surface area contributed by atoms with E-state index in [9.17, 15) is 9.90 Å². The number of nitrogens with zero attached hydrogens (tertiary/aromatic N) is 3. The highest BCUT2D eigenvalue weighted by molar-refractivity contribution is 6.01. The number of rotatable bonds is 2. The predicted octanol–water partition coefficient (Wildman–Crippen LogP) is 3.08. The molecule has 2 aromatic heterocycles. The summed E-state index contributed by atoms with van der Waals surface area (Å²) in [4.78, 5) is 18.4. The van der Waals surface area contributed by atoms with E-state index in [-0.39, 0.29) is 5.91 Å². The van der Waals surface area contributed by atoms with E-state index in [4.69, 9.17) is 0 Å². The SMILES string of the molecule is Cc1ccc2[nH]c(C(=O)N3CCCn4nc([C@@H](C)O)cc4C3)c(C)c2c1. The second kappa shape index (κ2) is 6.29. The molecule has 0 saturated carbocycles. The number of hydrogen-bond acceptors (Lipinski definition) is 3. The number of aryl methyl sites for hydroxylation is 3. The molecular weight excluding hydrogens is 328 g/mol. The third-order valence-corrected chi connectivity index (χ3v) is 5.18. The van der Waals surface area contributed by atoms with Gasteiger partial charge in [-0.3, -0.25) is 9.48 Å². The van der Waals surface area contributed by atoms with Crippen molar-refractivity contribution in [1.29, 1.82) is 0 Å². The van der Waals surface area contributed by atoms with Crippen LogP contribution in [0.3, 0.4) is 0 Å². The van der Waals surface area contributed by atoms with Crippen LogP contribution in [0.2, 0.25) is 0 Å². The quantitative estimate of drug-likeness (QED) is 0.744. The summed E-state index contributed by atoms with van der Waals surface area (Å²) >= 11 is 0. The lowest BCUT2D eigenvalue weighted by Crippen LogP contribution is -2.31. The van der Waals surface area contributed by atoms with Gasteiger partial charge in [0.15, 0.2) is 0 Å². The van der Waals surface area contributed by atoms with Crippen LogP contribution in [0.5, 0.6) is 0 Å². The number of carbonyl (C=O) groups excluding carboxylic acids is 1. The molecule has 3 aromatic rings. The molecule has 6 nitrogen and oxygen atoms in total. The van der Waals surface area contributed by atoms with Crippen molar-refractivity contribution in [1.82, 2.24) is 19.7 Å². The van der Waals surface area contributed by atoms with Crippen LogP contribution in [0.1, 0.15) is 52.5 Å². The third kappa shape index (κ3) is 2.80. The molecule has 0 bridgehead atoms. The molecule has 1 amide bonds. The number of amides is 1. The van der Waals surface area contributed by atoms with Crippen molar-refractivity contribution in [3.05, 3.63) is 52.5 Å². The summed E-state index contributed by atoms with van der Waals surface area (Å²) in [5.41, 5.74) is 5.46. The maximum absolute atomic E-state index is 13.2. The highest BCUT2D eigenvalue weighted by atomic mass is 16.3. The third-order valence-electron chi connectivity index (χ3n) is 5.18. The van der Waals surface area contributed by atoms with E-state index in [0.29, 0.717) is 24.5 Å². The fraction of sp³-hybridized carbons (Fsp3) is 0.400. The molecular formula is C20H24N4O2. The van der Waals surface area contributed by atoms with Crippen LogP contribution in [-0.2, 0) is 13.1 Å². The van der Waals surface area contributed by atoms with Gasteiger partial charge in [-0.15, -0.1) is 0 Å². The Labute approximate surface area is 152 Å². The van der Waals surface area contributed by atoms with Crippen molar-refractivity contribution in [2.45, 2.75) is 46.4 Å². The molecule has 0 unspecified atom stereocenters. The number of benzene rings is 1. The number of aromatic nitrogens is 3. The topological polar surface area (TPSA) is 74.2 Å². The summed E-state index contributed by atoms with van der Waals surface area (Å²) < 4.78 is 1.91. The fourth-order valence-corrected chi connectivity index (χ4v) is 3.67. The molecule has 0 radical (unpaired) electrons. The first-order chi connectivity index (χ1) is 12.4. The van der Waals surface area contributed by atoms with Crippen molar-refractivity contribution in [3.63, 3.8) is 0 Å². The molecule has 1 aliphatic rings. The van der Waals surface area contributed by atoms with Crippen LogP contribution in [0.25, 0.3) is 10.9 Å². The Morgan fingerprint density at radius 1 is 1.27 bits per heavy atom. The first kappa shape index (κ1) is 16.8. The minimum absolute atomic E-state index is 0.0181. The molecule has 1 aliphatic heterocycles. The molecule has 1 aromatic carbocycles. The maximum Gasteiger partial charge on any atom is 0.270 e. The average Bonchev–Trinajstić information content (AvgIpc) is 3.09. The second-order valence-electron chi connectivity index (χ2n) is 7.21. The van der Waals surface area contributed by atoms with Gasteiger partial charge < -0.3 is 15.0 Å². The van der Waals surface area contributed by atoms with E-state index in [1.165, 1.54) is 5.56 Å². The van der Waals surface area contributed by atoms with Gasteiger partial charge in [0.25, 0.3) is 5.91 Å². The van der Waals surface area contributed by atoms with E-state index < -0.39 is 6.10 Å². The Morgan fingerprint density at radius 2 is 2.08 bits per heavy atom. The van der Waals surface area contributed by atoms with Gasteiger partial charge in [-0.05, 0) is 51.0 Å². The van der Waals surface area contributed by atoms with Crippen molar-refractivity contribution < 1.29 is 9.90 Å². The van der Waals surface area contributed by atoms with E-state index in [2.05, 4.69) is 29.1 Å². The zero-order chi connectivity index (χ0) is 18.4. The smallest absolute Gasteiger partial charge is 0.270 e. The first-order valence-electron chi connectivity index (χ1n) is 9.07. The molecule has 2 N–H and O–H groups in total. The number of fused-ring (bicyclic) bond motifs is 2. The summed E-state index contributed by atoms with van der Waals surface area (Å²) in [5, 5.41) is 15.3. The molecule has 6 heteroatoms. The van der Waals surface area contributed by atoms with E-state index >= 15 is 0 Å². The van der Waals surface area contributed by atoms with Crippen molar-refractivity contribution in [2.24, 2.45) is 0 Å². The van der Waals surface area contributed by atoms with E-state index in [0.717, 1.165) is 35.1 Å². The van der Waals surface area contributed by atoms with Gasteiger partial charge in [0, 0.05) is 24.0 Å². The zero-order valence-electron chi connectivity index (χ0n) is 15.4. The number of aliphatic hydroxyl groups is 1. The number of aliphatic hydroxyl groups excluding tert-OH is 1. The van der Waals surface area contributed by atoms with E-state index in [1.54, 1.807) is 6.92 Å². The molecule has 3 heterocycles. The Bertz CT molecular complexity index is 983. The molecule has 4 rings (SSSR count). The predicted molar refractivity (Wildman–Crippen MR) is 100.0 cm³/mol. The standard InChI is InChI=1S/C20H24N4O2/c1-12-5-6-17-16(9-12)13(2)19(21-17)20(26)23-7-4-8-24-15(11-23)10-18(22-24)14(3)25/h5-6,9-10,14,21,25H,4,7-8,11H2,1-3H3/t14-/m1/s1. The lowest BCUT2D eigenvalue weighted by atomic mass is 10.1. The van der Waals surface area contributed by atoms with Crippen molar-refractivity contribution in [2.75, 3.05) is 6.54 Å². The minimum atomic E-state index is -0.599. The molecule has 26 heavy (non-hydrogen) atoms. The molecule has 0 fully saturated rings. The van der Waals surface area contributed by atoms with Crippen molar-refractivity contribution >= 4 is 16.8 Å². The van der Waals surface area contributed by atoms with Gasteiger partial charge in [-0.25, -0.2) is 0 Å². The van der Waals surface area contributed by atoms with Gasteiger partial charge in [-0.2, -0.15) is 5.10 Å². The van der Waals surface area contributed by atoms with Gasteiger partial charge in [-0.1, -0.05) is 11.6 Å². The van der Waals surface area contributed by atoms with Crippen molar-refractivity contribution in [3.8, 4) is 0 Å². The lowest BCUT2D eigenvalue weighted by Gasteiger charge is -2.19. The highest BCUT2D eigenvalue weighted by Gasteiger charge is 2.25. The van der Waals surface area contributed by atoms with Crippen LogP contribution in [0.15, 0.2) is 24.3 Å². The van der Waals surface area contributed by atoms with Crippen LogP contribution in [0, 0.1) is 13.8 Å². The summed E-state index contributed by atoms with van der Waals surface area (Å²) in [7, 11) is 0. The highest BCUT2D eigenvalue weighted by Crippen LogP contribution is 2.25. The van der Waals surface area contributed by atoms with E-state index in [1.807, 2.05) is 28.6 Å². The Morgan fingerprint density at radius 3 is 2.85 bits per heavy atom. The zero-order valence-corrected chi connectivity index (χ0v) is 15.4. The summed E-state index contributed by atoms with van der Waals surface area (Å²) in [5.74, 6) is 0.0181. The molecule has 0 aliphatic carbocycles. The molecule has 0 saturated heterocycles. The minimum Gasteiger partial charge on any atom is -0.387 e. The normalized spacial score (nSPS) is 15.8. The van der Waals surface area contributed by atoms with Gasteiger partial charge >= 0.3 is 0 Å². The number of hydrogen-bond donors (Lipinski definition) is 2. The number of H-pyrrole nitrogens is 1. The van der Waals surface area contributed by atoms with Crippen LogP contribution < -0.4 is 0 Å². The summed E-state index contributed by atoms with van der Waals surface area (Å²) in [6.07, 6.45) is 0.246. The number of nitrogens with one attached hydrogen (secondary N) is 1. The number of carbonyl (C=O) groups is 1. The van der Waals surface area contributed by atoms with Crippen LogP contribution in [0.4, 0.5) is 0 Å². The first-order valence-corrected chi connectivity index (χ1v) is 9.07. The van der Waals surface area contributed by atoms with Gasteiger partial charge in [0.1, 0.15) is 5.69 Å². The summed E-state index contributed by atoms with van der Waals surface area (Å²) in [6, 6.07) is 8.09. The van der Waals surface area contributed by atoms with Crippen LogP contribution >= 0.6 is 0 Å². The Balaban J connectivity index is 1.66. The molecule has 0 spiro atoms. The average molecular weight is 352 g/mol. The largest absolute Gasteiger partial charge is 0.387 e. The maximum atomic E-state index is 13.2. The number of aromatic amines is 1. The monoisotopic (exact) mass is 352 g/mol. The lowest BCUT2D eigenvalue weighted by molar-refractivity contribution is 0.0740. The fourth-order valence-electron chi connectivity index (χ4n) is 3.67. The van der Waals surface area contributed by atoms with Crippen LogP contribution in [-0.4, -0.2) is 37.2 Å². The molecule has 1 atom stereocenters. The van der Waals surface area contributed by atoms with Gasteiger partial charge in [0.2, 0.25) is 0 Å². The summed E-state index contributed by atoms with van der Waals surface area (Å²) in [6.45, 7) is 7.73. The molecule has 136 valence electrons. The second-order valence-corrected chi connectivity index (χ2v) is 7.21.